The van der Waals surface area contributed by atoms with Crippen molar-refractivity contribution in [2.75, 3.05) is 25.0 Å². The van der Waals surface area contributed by atoms with Crippen LogP contribution >= 0.6 is 28.1 Å². The van der Waals surface area contributed by atoms with Crippen molar-refractivity contribution < 1.29 is 14.3 Å². The number of ether oxygens (including phenoxy) is 1. The fraction of sp³-hybridized carbons (Fsp3) is 0.348. The molecule has 0 unspecified atom stereocenters. The van der Waals surface area contributed by atoms with E-state index in [4.69, 9.17) is 17.0 Å². The van der Waals surface area contributed by atoms with E-state index in [1.54, 1.807) is 24.3 Å². The molecular weight excluding hydrogens is 478 g/mol. The maximum atomic E-state index is 13.0. The van der Waals surface area contributed by atoms with Gasteiger partial charge >= 0.3 is 0 Å². The number of hydrogen-bond donors (Lipinski definition) is 2. The zero-order valence-corrected chi connectivity index (χ0v) is 19.9. The lowest BCUT2D eigenvalue weighted by molar-refractivity contribution is 0.0725. The second-order valence-electron chi connectivity index (χ2n) is 7.30. The Kier molecular flexibility index (Phi) is 8.43. The lowest BCUT2D eigenvalue weighted by Gasteiger charge is -2.27. The zero-order valence-electron chi connectivity index (χ0n) is 17.4. The van der Waals surface area contributed by atoms with Crippen molar-refractivity contribution in [3.8, 4) is 5.75 Å². The molecule has 1 aliphatic heterocycles. The molecule has 1 heterocycles. The number of benzene rings is 2. The average Bonchev–Trinajstić information content (AvgIpc) is 2.78. The summed E-state index contributed by atoms with van der Waals surface area (Å²) in [4.78, 5) is 27.7. The molecule has 0 radical (unpaired) electrons. The van der Waals surface area contributed by atoms with Crippen LogP contribution in [0.1, 0.15) is 53.3 Å². The predicted octanol–water partition coefficient (Wildman–Crippen LogP) is 4.99. The van der Waals surface area contributed by atoms with Crippen LogP contribution in [0.3, 0.4) is 0 Å². The number of thiocarbonyl (C=S) groups is 1. The first-order valence-electron chi connectivity index (χ1n) is 10.4. The standard InChI is InChI=1S/C23H26BrN3O3S/c1-2-14-30-20-11-10-16(24)15-18(20)21(28)26-23(31)25-19-9-5-4-8-17(19)22(29)27-12-6-3-7-13-27/h4-5,8-11,15H,2-3,6-7,12-14H2,1H3,(H2,25,26,28,31). The maximum Gasteiger partial charge on any atom is 0.261 e. The Bertz CT molecular complexity index is 961. The highest BCUT2D eigenvalue weighted by molar-refractivity contribution is 9.10. The molecule has 1 aliphatic rings. The molecule has 0 atom stereocenters. The molecule has 0 spiro atoms. The van der Waals surface area contributed by atoms with Gasteiger partial charge in [0.25, 0.3) is 11.8 Å². The minimum absolute atomic E-state index is 0.0285. The zero-order chi connectivity index (χ0) is 22.2. The SMILES string of the molecule is CCCOc1ccc(Br)cc1C(=O)NC(=S)Nc1ccccc1C(=O)N1CCCCC1. The molecule has 1 saturated heterocycles. The molecule has 1 fully saturated rings. The van der Waals surface area contributed by atoms with Gasteiger partial charge in [0, 0.05) is 17.6 Å². The molecule has 2 aromatic rings. The highest BCUT2D eigenvalue weighted by Gasteiger charge is 2.21. The van der Waals surface area contributed by atoms with Gasteiger partial charge in [-0.25, -0.2) is 0 Å². The van der Waals surface area contributed by atoms with E-state index < -0.39 is 0 Å². The highest BCUT2D eigenvalue weighted by atomic mass is 79.9. The summed E-state index contributed by atoms with van der Waals surface area (Å²) in [6.07, 6.45) is 4.02. The third-order valence-corrected chi connectivity index (χ3v) is 5.62. The quantitative estimate of drug-likeness (QED) is 0.543. The van der Waals surface area contributed by atoms with Gasteiger partial charge in [-0.1, -0.05) is 35.0 Å². The Morgan fingerprint density at radius 2 is 1.84 bits per heavy atom. The van der Waals surface area contributed by atoms with E-state index in [1.165, 1.54) is 0 Å². The Morgan fingerprint density at radius 3 is 2.58 bits per heavy atom. The fourth-order valence-corrected chi connectivity index (χ4v) is 3.95. The van der Waals surface area contributed by atoms with Crippen LogP contribution in [0.2, 0.25) is 0 Å². The van der Waals surface area contributed by atoms with Crippen LogP contribution in [-0.2, 0) is 0 Å². The van der Waals surface area contributed by atoms with Gasteiger partial charge in [-0.05, 0) is 68.2 Å². The number of nitrogens with zero attached hydrogens (tertiary/aromatic N) is 1. The molecular formula is C23H26BrN3O3S. The number of carbonyl (C=O) groups is 2. The van der Waals surface area contributed by atoms with E-state index in [0.29, 0.717) is 29.2 Å². The van der Waals surface area contributed by atoms with Crippen molar-refractivity contribution >= 4 is 50.8 Å². The summed E-state index contributed by atoms with van der Waals surface area (Å²) in [6, 6.07) is 12.5. The lowest BCUT2D eigenvalue weighted by Crippen LogP contribution is -2.37. The number of carbonyl (C=O) groups excluding carboxylic acids is 2. The highest BCUT2D eigenvalue weighted by Crippen LogP contribution is 2.24. The molecule has 0 aromatic heterocycles. The third-order valence-electron chi connectivity index (χ3n) is 4.92. The van der Waals surface area contributed by atoms with E-state index in [1.807, 2.05) is 30.0 Å². The van der Waals surface area contributed by atoms with Gasteiger partial charge in [0.15, 0.2) is 5.11 Å². The van der Waals surface area contributed by atoms with Crippen LogP contribution in [0.5, 0.6) is 5.75 Å². The third kappa shape index (κ3) is 6.27. The van der Waals surface area contributed by atoms with Crippen molar-refractivity contribution in [3.05, 3.63) is 58.1 Å². The molecule has 0 bridgehead atoms. The minimum Gasteiger partial charge on any atom is -0.493 e. The summed E-state index contributed by atoms with van der Waals surface area (Å²) in [5.41, 5.74) is 1.49. The molecule has 31 heavy (non-hydrogen) atoms. The van der Waals surface area contributed by atoms with Gasteiger partial charge in [-0.2, -0.15) is 0 Å². The fourth-order valence-electron chi connectivity index (χ4n) is 3.39. The molecule has 0 saturated carbocycles. The van der Waals surface area contributed by atoms with Gasteiger partial charge in [0.2, 0.25) is 0 Å². The van der Waals surface area contributed by atoms with Crippen molar-refractivity contribution in [3.63, 3.8) is 0 Å². The van der Waals surface area contributed by atoms with E-state index in [2.05, 4.69) is 26.6 Å². The van der Waals surface area contributed by atoms with Gasteiger partial charge in [-0.15, -0.1) is 0 Å². The average molecular weight is 504 g/mol. The second kappa shape index (κ2) is 11.2. The number of hydrogen-bond acceptors (Lipinski definition) is 4. The van der Waals surface area contributed by atoms with Gasteiger partial charge in [-0.3, -0.25) is 14.9 Å². The van der Waals surface area contributed by atoms with Crippen molar-refractivity contribution in [1.29, 1.82) is 0 Å². The molecule has 3 rings (SSSR count). The Morgan fingerprint density at radius 1 is 1.10 bits per heavy atom. The van der Waals surface area contributed by atoms with E-state index >= 15 is 0 Å². The van der Waals surface area contributed by atoms with E-state index in [9.17, 15) is 9.59 Å². The number of halogens is 1. The van der Waals surface area contributed by atoms with Crippen LogP contribution in [0.15, 0.2) is 46.9 Å². The summed E-state index contributed by atoms with van der Waals surface area (Å²) >= 11 is 8.75. The van der Waals surface area contributed by atoms with Crippen molar-refractivity contribution in [2.24, 2.45) is 0 Å². The Labute approximate surface area is 196 Å². The first kappa shape index (κ1) is 23.2. The summed E-state index contributed by atoms with van der Waals surface area (Å²) in [5, 5.41) is 5.81. The minimum atomic E-state index is -0.384. The number of piperidine rings is 1. The smallest absolute Gasteiger partial charge is 0.261 e. The number of rotatable bonds is 6. The van der Waals surface area contributed by atoms with Gasteiger partial charge in [0.1, 0.15) is 5.75 Å². The lowest BCUT2D eigenvalue weighted by atomic mass is 10.1. The molecule has 8 heteroatoms. The van der Waals surface area contributed by atoms with Gasteiger partial charge in [0.05, 0.1) is 23.4 Å². The predicted molar refractivity (Wildman–Crippen MR) is 130 cm³/mol. The second-order valence-corrected chi connectivity index (χ2v) is 8.62. The van der Waals surface area contributed by atoms with Crippen LogP contribution in [-0.4, -0.2) is 41.5 Å². The van der Waals surface area contributed by atoms with Crippen LogP contribution in [0.4, 0.5) is 5.69 Å². The molecule has 2 aromatic carbocycles. The monoisotopic (exact) mass is 503 g/mol. The molecule has 2 amide bonds. The number of amides is 2. The molecule has 0 aliphatic carbocycles. The number of para-hydroxylation sites is 1. The van der Waals surface area contributed by atoms with Crippen LogP contribution in [0, 0.1) is 0 Å². The molecule has 6 nitrogen and oxygen atoms in total. The van der Waals surface area contributed by atoms with Crippen molar-refractivity contribution in [1.82, 2.24) is 10.2 Å². The number of likely N-dealkylation sites (tertiary alicyclic amines) is 1. The van der Waals surface area contributed by atoms with E-state index in [-0.39, 0.29) is 16.9 Å². The van der Waals surface area contributed by atoms with Crippen LogP contribution in [0.25, 0.3) is 0 Å². The molecule has 164 valence electrons. The first-order valence-corrected chi connectivity index (χ1v) is 11.6. The summed E-state index contributed by atoms with van der Waals surface area (Å²) in [5.74, 6) is 0.0786. The summed E-state index contributed by atoms with van der Waals surface area (Å²) in [7, 11) is 0. The maximum absolute atomic E-state index is 13.0. The Balaban J connectivity index is 1.71. The topological polar surface area (TPSA) is 70.7 Å². The molecule has 2 N–H and O–H groups in total. The van der Waals surface area contributed by atoms with Crippen molar-refractivity contribution in [2.45, 2.75) is 32.6 Å². The van der Waals surface area contributed by atoms with E-state index in [0.717, 1.165) is 43.2 Å². The number of anilines is 1. The largest absolute Gasteiger partial charge is 0.493 e. The van der Waals surface area contributed by atoms with Crippen LogP contribution < -0.4 is 15.4 Å². The normalized spacial score (nSPS) is 13.4. The number of nitrogens with one attached hydrogen (secondary N) is 2. The first-order chi connectivity index (χ1) is 15.0. The Hall–Kier alpha value is -2.45. The van der Waals surface area contributed by atoms with Gasteiger partial charge < -0.3 is 15.0 Å². The summed E-state index contributed by atoms with van der Waals surface area (Å²) in [6.45, 7) is 4.03. The summed E-state index contributed by atoms with van der Waals surface area (Å²) < 4.78 is 6.45.